The summed E-state index contributed by atoms with van der Waals surface area (Å²) in [6.45, 7) is 3.08. The van der Waals surface area contributed by atoms with Crippen molar-refractivity contribution in [1.82, 2.24) is 4.98 Å². The zero-order valence-corrected chi connectivity index (χ0v) is 13.8. The fraction of sp³-hybridized carbons (Fsp3) is 0.176. The minimum absolute atomic E-state index is 0.324. The van der Waals surface area contributed by atoms with E-state index in [9.17, 15) is 4.79 Å². The molecule has 7 heteroatoms. The van der Waals surface area contributed by atoms with E-state index in [0.29, 0.717) is 29.8 Å². The summed E-state index contributed by atoms with van der Waals surface area (Å²) in [7, 11) is 0. The molecular weight excluding hydrogens is 326 g/mol. The SMILES string of the molecule is Cc1ccc(NC(=O)Nc2nc3cc4c(cc3s2)OCCO4)cc1. The number of ether oxygens (including phenoxy) is 2. The molecule has 2 amide bonds. The number of aryl methyl sites for hydroxylation is 1. The molecule has 2 aromatic carbocycles. The smallest absolute Gasteiger partial charge is 0.325 e. The average molecular weight is 341 g/mol. The number of rotatable bonds is 2. The highest BCUT2D eigenvalue weighted by atomic mass is 32.1. The minimum Gasteiger partial charge on any atom is -0.486 e. The summed E-state index contributed by atoms with van der Waals surface area (Å²) in [6, 6.07) is 11.0. The molecule has 1 aromatic heterocycles. The van der Waals surface area contributed by atoms with Crippen LogP contribution in [0.2, 0.25) is 0 Å². The van der Waals surface area contributed by atoms with E-state index >= 15 is 0 Å². The monoisotopic (exact) mass is 341 g/mol. The van der Waals surface area contributed by atoms with Crippen molar-refractivity contribution in [3.05, 3.63) is 42.0 Å². The molecule has 0 atom stereocenters. The van der Waals surface area contributed by atoms with Gasteiger partial charge < -0.3 is 14.8 Å². The molecule has 0 unspecified atom stereocenters. The maximum Gasteiger partial charge on any atom is 0.325 e. The van der Waals surface area contributed by atoms with Crippen LogP contribution in [0.3, 0.4) is 0 Å². The predicted molar refractivity (Wildman–Crippen MR) is 94.4 cm³/mol. The predicted octanol–water partition coefficient (Wildman–Crippen LogP) is 4.02. The summed E-state index contributed by atoms with van der Waals surface area (Å²) in [4.78, 5) is 16.5. The number of aromatic nitrogens is 1. The van der Waals surface area contributed by atoms with Gasteiger partial charge in [0.1, 0.15) is 13.2 Å². The highest BCUT2D eigenvalue weighted by Gasteiger charge is 2.16. The molecule has 1 aliphatic rings. The maximum atomic E-state index is 12.1. The van der Waals surface area contributed by atoms with Gasteiger partial charge in [0.25, 0.3) is 0 Å². The lowest BCUT2D eigenvalue weighted by Gasteiger charge is -2.17. The highest BCUT2D eigenvalue weighted by molar-refractivity contribution is 7.22. The van der Waals surface area contributed by atoms with Gasteiger partial charge in [-0.2, -0.15) is 0 Å². The van der Waals surface area contributed by atoms with Crippen molar-refractivity contribution in [2.24, 2.45) is 0 Å². The zero-order chi connectivity index (χ0) is 16.5. The molecule has 6 nitrogen and oxygen atoms in total. The lowest BCUT2D eigenvalue weighted by Crippen LogP contribution is -2.19. The molecule has 2 heterocycles. The summed E-state index contributed by atoms with van der Waals surface area (Å²) >= 11 is 1.39. The van der Waals surface area contributed by atoms with Crippen LogP contribution in [0.15, 0.2) is 36.4 Å². The van der Waals surface area contributed by atoms with Crippen molar-refractivity contribution in [3.63, 3.8) is 0 Å². The molecule has 2 N–H and O–H groups in total. The average Bonchev–Trinajstić information content (AvgIpc) is 2.95. The number of carbonyl (C=O) groups excluding carboxylic acids is 1. The Balaban J connectivity index is 1.51. The minimum atomic E-state index is -0.324. The Morgan fingerprint density at radius 1 is 1.08 bits per heavy atom. The Hall–Kier alpha value is -2.80. The standard InChI is InChI=1S/C17H15N3O3S/c1-10-2-4-11(5-3-10)18-16(21)20-17-19-12-8-13-14(9-15(12)24-17)23-7-6-22-13/h2-5,8-9H,6-7H2,1H3,(H2,18,19,20,21). The molecule has 3 aromatic rings. The summed E-state index contributed by atoms with van der Waals surface area (Å²) in [5, 5.41) is 6.07. The second-order valence-electron chi connectivity index (χ2n) is 5.43. The number of benzene rings is 2. The summed E-state index contributed by atoms with van der Waals surface area (Å²) in [5.41, 5.74) is 2.65. The summed E-state index contributed by atoms with van der Waals surface area (Å²) in [5.74, 6) is 1.41. The van der Waals surface area contributed by atoms with E-state index < -0.39 is 0 Å². The van der Waals surface area contributed by atoms with Crippen molar-refractivity contribution >= 4 is 38.4 Å². The fourth-order valence-electron chi connectivity index (χ4n) is 2.41. The second-order valence-corrected chi connectivity index (χ2v) is 6.46. The van der Waals surface area contributed by atoms with E-state index in [2.05, 4.69) is 15.6 Å². The van der Waals surface area contributed by atoms with Crippen LogP contribution in [0.4, 0.5) is 15.6 Å². The Morgan fingerprint density at radius 2 is 1.79 bits per heavy atom. The van der Waals surface area contributed by atoms with Crippen LogP contribution in [0.5, 0.6) is 11.5 Å². The van der Waals surface area contributed by atoms with Crippen molar-refractivity contribution in [2.45, 2.75) is 6.92 Å². The van der Waals surface area contributed by atoms with Gasteiger partial charge >= 0.3 is 6.03 Å². The Labute approximate surface area is 142 Å². The number of fused-ring (bicyclic) bond motifs is 2. The quantitative estimate of drug-likeness (QED) is 0.738. The van der Waals surface area contributed by atoms with E-state index in [-0.39, 0.29) is 6.03 Å². The number of hydrogen-bond acceptors (Lipinski definition) is 5. The number of amides is 2. The van der Waals surface area contributed by atoms with Crippen molar-refractivity contribution in [2.75, 3.05) is 23.8 Å². The van der Waals surface area contributed by atoms with Crippen LogP contribution in [0.1, 0.15) is 5.56 Å². The molecule has 122 valence electrons. The number of anilines is 2. The topological polar surface area (TPSA) is 72.5 Å². The first kappa shape index (κ1) is 14.8. The number of thiazole rings is 1. The lowest BCUT2D eigenvalue weighted by atomic mass is 10.2. The van der Waals surface area contributed by atoms with Gasteiger partial charge in [-0.3, -0.25) is 5.32 Å². The van der Waals surface area contributed by atoms with Gasteiger partial charge in [0.2, 0.25) is 0 Å². The number of hydrogen-bond donors (Lipinski definition) is 2. The van der Waals surface area contributed by atoms with Gasteiger partial charge in [0, 0.05) is 17.8 Å². The normalized spacial score (nSPS) is 12.9. The van der Waals surface area contributed by atoms with Gasteiger partial charge in [-0.25, -0.2) is 9.78 Å². The molecule has 0 radical (unpaired) electrons. The molecule has 0 aliphatic carbocycles. The van der Waals surface area contributed by atoms with Gasteiger partial charge in [0.05, 0.1) is 10.2 Å². The van der Waals surface area contributed by atoms with Crippen molar-refractivity contribution in [1.29, 1.82) is 0 Å². The number of carbonyl (C=O) groups is 1. The van der Waals surface area contributed by atoms with E-state index in [4.69, 9.17) is 9.47 Å². The van der Waals surface area contributed by atoms with E-state index in [1.54, 1.807) is 0 Å². The highest BCUT2D eigenvalue weighted by Crippen LogP contribution is 2.37. The molecule has 1 aliphatic heterocycles. The van der Waals surface area contributed by atoms with E-state index in [0.717, 1.165) is 21.5 Å². The van der Waals surface area contributed by atoms with Crippen molar-refractivity contribution < 1.29 is 14.3 Å². The third kappa shape index (κ3) is 2.98. The number of nitrogens with one attached hydrogen (secondary N) is 2. The van der Waals surface area contributed by atoms with Gasteiger partial charge in [0.15, 0.2) is 16.6 Å². The molecule has 0 saturated carbocycles. The van der Waals surface area contributed by atoms with Gasteiger partial charge in [-0.15, -0.1) is 0 Å². The molecule has 0 fully saturated rings. The van der Waals surface area contributed by atoms with Crippen LogP contribution in [-0.4, -0.2) is 24.2 Å². The van der Waals surface area contributed by atoms with Crippen LogP contribution in [0.25, 0.3) is 10.2 Å². The zero-order valence-electron chi connectivity index (χ0n) is 13.0. The third-order valence-electron chi connectivity index (χ3n) is 3.58. The molecule has 0 spiro atoms. The Morgan fingerprint density at radius 3 is 2.54 bits per heavy atom. The molecule has 24 heavy (non-hydrogen) atoms. The molecular formula is C17H15N3O3S. The van der Waals surface area contributed by atoms with E-state index in [1.165, 1.54) is 11.3 Å². The molecule has 0 saturated heterocycles. The lowest BCUT2D eigenvalue weighted by molar-refractivity contribution is 0.172. The number of nitrogens with zero attached hydrogens (tertiary/aromatic N) is 1. The maximum absolute atomic E-state index is 12.1. The van der Waals surface area contributed by atoms with Crippen LogP contribution in [-0.2, 0) is 0 Å². The Bertz CT molecular complexity index is 862. The summed E-state index contributed by atoms with van der Waals surface area (Å²) < 4.78 is 12.1. The van der Waals surface area contributed by atoms with Crippen LogP contribution >= 0.6 is 11.3 Å². The van der Waals surface area contributed by atoms with Crippen LogP contribution in [0, 0.1) is 6.92 Å². The Kier molecular flexibility index (Phi) is 3.70. The van der Waals surface area contributed by atoms with Gasteiger partial charge in [-0.1, -0.05) is 29.0 Å². The largest absolute Gasteiger partial charge is 0.486 e. The van der Waals surface area contributed by atoms with E-state index in [1.807, 2.05) is 43.3 Å². The third-order valence-corrected chi connectivity index (χ3v) is 4.52. The first-order valence-electron chi connectivity index (χ1n) is 7.52. The second kappa shape index (κ2) is 6.01. The van der Waals surface area contributed by atoms with Crippen molar-refractivity contribution in [3.8, 4) is 11.5 Å². The first-order chi connectivity index (χ1) is 11.7. The number of urea groups is 1. The first-order valence-corrected chi connectivity index (χ1v) is 8.34. The van der Waals surface area contributed by atoms with Crippen LogP contribution < -0.4 is 20.1 Å². The summed E-state index contributed by atoms with van der Waals surface area (Å²) in [6.07, 6.45) is 0. The molecule has 4 rings (SSSR count). The molecule has 0 bridgehead atoms. The fourth-order valence-corrected chi connectivity index (χ4v) is 3.29. The van der Waals surface area contributed by atoms with Gasteiger partial charge in [-0.05, 0) is 19.1 Å².